The highest BCUT2D eigenvalue weighted by molar-refractivity contribution is 5.39. The summed E-state index contributed by atoms with van der Waals surface area (Å²) >= 11 is 0. The highest BCUT2D eigenvalue weighted by Crippen LogP contribution is 2.45. The van der Waals surface area contributed by atoms with Crippen LogP contribution < -0.4 is 9.64 Å². The summed E-state index contributed by atoms with van der Waals surface area (Å²) < 4.78 is 5.35. The molecule has 4 atom stereocenters. The standard InChI is InChI=1S/C23H30N4O/c1-16-6-11-23(25-24-16)26-13-17-12-19(15-26)22-5-3-4-21(27(22)14-17)18-7-9-20(28-2)10-8-18/h6-11,17,19,21-22H,3-5,12-15H2,1-2H3/t17-,19+,21+,22-/m0/s1. The van der Waals surface area contributed by atoms with E-state index in [0.29, 0.717) is 12.1 Å². The summed E-state index contributed by atoms with van der Waals surface area (Å²) in [6, 6.07) is 14.2. The zero-order valence-corrected chi connectivity index (χ0v) is 16.9. The first-order valence-corrected chi connectivity index (χ1v) is 10.7. The van der Waals surface area contributed by atoms with Crippen molar-refractivity contribution in [3.63, 3.8) is 0 Å². The van der Waals surface area contributed by atoms with Crippen LogP contribution in [0.2, 0.25) is 0 Å². The van der Waals surface area contributed by atoms with Gasteiger partial charge in [0.15, 0.2) is 5.82 Å². The first-order valence-electron chi connectivity index (χ1n) is 10.7. The molecule has 1 aromatic carbocycles. The normalized spacial score (nSPS) is 30.0. The Bertz CT molecular complexity index is 806. The predicted molar refractivity (Wildman–Crippen MR) is 111 cm³/mol. The average molecular weight is 379 g/mol. The summed E-state index contributed by atoms with van der Waals surface area (Å²) in [5.41, 5.74) is 2.44. The minimum Gasteiger partial charge on any atom is -0.497 e. The predicted octanol–water partition coefficient (Wildman–Crippen LogP) is 3.85. The number of hydrogen-bond donors (Lipinski definition) is 0. The van der Waals surface area contributed by atoms with Crippen LogP contribution in [0.5, 0.6) is 5.75 Å². The molecule has 28 heavy (non-hydrogen) atoms. The molecule has 0 spiro atoms. The molecular formula is C23H30N4O. The molecule has 3 aliphatic rings. The van der Waals surface area contributed by atoms with Gasteiger partial charge in [-0.3, -0.25) is 4.90 Å². The van der Waals surface area contributed by atoms with Gasteiger partial charge in [0.25, 0.3) is 0 Å². The van der Waals surface area contributed by atoms with E-state index >= 15 is 0 Å². The second kappa shape index (κ2) is 7.36. The molecule has 2 aromatic rings. The number of aryl methyl sites for hydroxylation is 1. The fraction of sp³-hybridized carbons (Fsp3) is 0.565. The molecule has 5 heteroatoms. The van der Waals surface area contributed by atoms with E-state index < -0.39 is 0 Å². The van der Waals surface area contributed by atoms with Crippen LogP contribution in [-0.4, -0.2) is 47.9 Å². The SMILES string of the molecule is COc1ccc([C@H]2CCC[C@H]3[C@@H]4C[C@@H](CN(c5ccc(C)nn5)C4)CN23)cc1. The van der Waals surface area contributed by atoms with Crippen LogP contribution in [0.3, 0.4) is 0 Å². The van der Waals surface area contributed by atoms with Gasteiger partial charge in [0.05, 0.1) is 12.8 Å². The van der Waals surface area contributed by atoms with Crippen molar-refractivity contribution >= 4 is 5.82 Å². The Morgan fingerprint density at radius 2 is 1.82 bits per heavy atom. The minimum absolute atomic E-state index is 0.556. The van der Waals surface area contributed by atoms with Crippen molar-refractivity contribution in [3.05, 3.63) is 47.7 Å². The average Bonchev–Trinajstić information content (AvgIpc) is 2.74. The van der Waals surface area contributed by atoms with Gasteiger partial charge in [-0.25, -0.2) is 0 Å². The molecule has 3 fully saturated rings. The van der Waals surface area contributed by atoms with Gasteiger partial charge in [-0.1, -0.05) is 12.1 Å². The minimum atomic E-state index is 0.556. The van der Waals surface area contributed by atoms with Crippen molar-refractivity contribution in [1.29, 1.82) is 0 Å². The lowest BCUT2D eigenvalue weighted by molar-refractivity contribution is -0.0201. The lowest BCUT2D eigenvalue weighted by Gasteiger charge is -2.55. The molecule has 0 N–H and O–H groups in total. The van der Waals surface area contributed by atoms with E-state index in [9.17, 15) is 0 Å². The van der Waals surface area contributed by atoms with Gasteiger partial charge in [0.1, 0.15) is 5.75 Å². The Labute approximate surface area is 167 Å². The Kier molecular flexibility index (Phi) is 4.71. The van der Waals surface area contributed by atoms with E-state index in [1.165, 1.54) is 37.8 Å². The number of methoxy groups -OCH3 is 1. The number of hydrogen-bond acceptors (Lipinski definition) is 5. The van der Waals surface area contributed by atoms with E-state index in [4.69, 9.17) is 4.74 Å². The highest BCUT2D eigenvalue weighted by Gasteiger charge is 2.45. The first-order chi connectivity index (χ1) is 13.7. The Morgan fingerprint density at radius 3 is 2.57 bits per heavy atom. The number of fused-ring (bicyclic) bond motifs is 4. The van der Waals surface area contributed by atoms with Crippen molar-refractivity contribution in [1.82, 2.24) is 15.1 Å². The number of nitrogens with zero attached hydrogens (tertiary/aromatic N) is 4. The van der Waals surface area contributed by atoms with Gasteiger partial charge < -0.3 is 9.64 Å². The second-order valence-corrected chi connectivity index (χ2v) is 8.78. The van der Waals surface area contributed by atoms with Crippen LogP contribution in [-0.2, 0) is 0 Å². The molecule has 0 aliphatic carbocycles. The fourth-order valence-corrected chi connectivity index (χ4v) is 5.74. The molecule has 0 radical (unpaired) electrons. The molecule has 3 saturated heterocycles. The molecule has 1 aromatic heterocycles. The molecule has 2 bridgehead atoms. The zero-order valence-electron chi connectivity index (χ0n) is 16.9. The van der Waals surface area contributed by atoms with Gasteiger partial charge in [0.2, 0.25) is 0 Å². The number of anilines is 1. The molecule has 4 heterocycles. The molecule has 5 rings (SSSR count). The summed E-state index contributed by atoms with van der Waals surface area (Å²) in [4.78, 5) is 5.32. The van der Waals surface area contributed by atoms with Crippen LogP contribution in [0.25, 0.3) is 0 Å². The maximum atomic E-state index is 5.35. The number of piperidine rings is 3. The topological polar surface area (TPSA) is 41.5 Å². The summed E-state index contributed by atoms with van der Waals surface area (Å²) in [6.07, 6.45) is 5.29. The molecule has 3 aliphatic heterocycles. The van der Waals surface area contributed by atoms with Gasteiger partial charge in [-0.05, 0) is 74.3 Å². The maximum absolute atomic E-state index is 5.35. The van der Waals surface area contributed by atoms with Crippen LogP contribution in [0.4, 0.5) is 5.82 Å². The first kappa shape index (κ1) is 17.9. The van der Waals surface area contributed by atoms with E-state index in [2.05, 4.69) is 56.4 Å². The third-order valence-electron chi connectivity index (χ3n) is 6.99. The molecule has 0 saturated carbocycles. The zero-order chi connectivity index (χ0) is 19.1. The molecule has 5 nitrogen and oxygen atoms in total. The molecule has 148 valence electrons. The lowest BCUT2D eigenvalue weighted by Crippen LogP contribution is -2.59. The van der Waals surface area contributed by atoms with E-state index in [-0.39, 0.29) is 0 Å². The van der Waals surface area contributed by atoms with Crippen molar-refractivity contribution < 1.29 is 4.74 Å². The van der Waals surface area contributed by atoms with Gasteiger partial charge in [-0.15, -0.1) is 5.10 Å². The molecular weight excluding hydrogens is 348 g/mol. The summed E-state index contributed by atoms with van der Waals surface area (Å²) in [5, 5.41) is 8.75. The second-order valence-electron chi connectivity index (χ2n) is 8.78. The third-order valence-corrected chi connectivity index (χ3v) is 6.99. The Hall–Kier alpha value is -2.14. The van der Waals surface area contributed by atoms with Crippen LogP contribution in [0.15, 0.2) is 36.4 Å². The van der Waals surface area contributed by atoms with Crippen molar-refractivity contribution in [3.8, 4) is 5.75 Å². The number of rotatable bonds is 3. The third kappa shape index (κ3) is 3.26. The number of benzene rings is 1. The van der Waals surface area contributed by atoms with Gasteiger partial charge in [0, 0.05) is 31.7 Å². The van der Waals surface area contributed by atoms with E-state index in [1.54, 1.807) is 7.11 Å². The summed E-state index contributed by atoms with van der Waals surface area (Å²) in [5.74, 6) is 3.45. The molecule has 0 unspecified atom stereocenters. The van der Waals surface area contributed by atoms with Crippen molar-refractivity contribution in [2.75, 3.05) is 31.6 Å². The smallest absolute Gasteiger partial charge is 0.151 e. The number of ether oxygens (including phenoxy) is 1. The summed E-state index contributed by atoms with van der Waals surface area (Å²) in [7, 11) is 1.74. The van der Waals surface area contributed by atoms with Crippen molar-refractivity contribution in [2.45, 2.75) is 44.7 Å². The molecule has 0 amide bonds. The van der Waals surface area contributed by atoms with Crippen LogP contribution in [0.1, 0.15) is 43.0 Å². The van der Waals surface area contributed by atoms with E-state index in [1.807, 2.05) is 6.92 Å². The van der Waals surface area contributed by atoms with Crippen LogP contribution >= 0.6 is 0 Å². The lowest BCUT2D eigenvalue weighted by atomic mass is 9.74. The van der Waals surface area contributed by atoms with Gasteiger partial charge in [-0.2, -0.15) is 5.10 Å². The summed E-state index contributed by atoms with van der Waals surface area (Å²) in [6.45, 7) is 5.42. The fourth-order valence-electron chi connectivity index (χ4n) is 5.74. The monoisotopic (exact) mass is 378 g/mol. The Balaban J connectivity index is 1.36. The van der Waals surface area contributed by atoms with E-state index in [0.717, 1.165) is 42.2 Å². The number of aromatic nitrogens is 2. The highest BCUT2D eigenvalue weighted by atomic mass is 16.5. The Morgan fingerprint density at radius 1 is 0.964 bits per heavy atom. The quantitative estimate of drug-likeness (QED) is 0.812. The van der Waals surface area contributed by atoms with Crippen LogP contribution in [0, 0.1) is 18.8 Å². The van der Waals surface area contributed by atoms with Gasteiger partial charge >= 0.3 is 0 Å². The largest absolute Gasteiger partial charge is 0.497 e. The van der Waals surface area contributed by atoms with Crippen molar-refractivity contribution in [2.24, 2.45) is 11.8 Å². The maximum Gasteiger partial charge on any atom is 0.151 e.